The lowest BCUT2D eigenvalue weighted by molar-refractivity contribution is -0.135. The lowest BCUT2D eigenvalue weighted by Crippen LogP contribution is -2.60. The van der Waals surface area contributed by atoms with E-state index in [9.17, 15) is 43.2 Å². The summed E-state index contributed by atoms with van der Waals surface area (Å²) in [6.07, 6.45) is 1.36. The average Bonchev–Trinajstić information content (AvgIpc) is 3.79. The Labute approximate surface area is 456 Å². The standard InChI is InChI=1S/C51H74ClN17O9/c1-28(53)35-15-8-21-59-43(72)19-18-39(66-44(73)37(63-30(3)71)16-9-22-60-50(54)55)46(75)67-40(20-24-58-29(2)70)47(76)68-41(25-31-11-4-6-13-34(31)52)49(78)65-38(17-10-23-61-51(56)57)45(74)69-42(48(77)64-35)26-32-27-62-36-14-7-5-12-33(32)36/h4-7,11-14,27,35,37-42,62H,1,8-10,15-26,53H2,2-3H3,(H,58,70)(H,59,72)(H,63,71)(H,64,77)(H,65,78)(H,66,73)(H,67,75)(H,68,76)(H,69,74)(H4,54,55,60)(H4,56,57,61)/t35?,37-,38-,39-,40-,41+,42-/m0/s1. The van der Waals surface area contributed by atoms with Gasteiger partial charge in [-0.25, -0.2) is 0 Å². The van der Waals surface area contributed by atoms with Gasteiger partial charge < -0.3 is 80.7 Å². The van der Waals surface area contributed by atoms with Gasteiger partial charge in [-0.2, -0.15) is 0 Å². The molecule has 3 aromatic rings. The van der Waals surface area contributed by atoms with Crippen molar-refractivity contribution in [2.45, 2.75) is 127 Å². The average molecular weight is 1100 g/mol. The van der Waals surface area contributed by atoms with Gasteiger partial charge in [-0.05, 0) is 74.6 Å². The number of fused-ring (bicyclic) bond motifs is 1. The Morgan fingerprint density at radius 1 is 0.692 bits per heavy atom. The summed E-state index contributed by atoms with van der Waals surface area (Å²) in [6, 6.07) is 4.64. The predicted molar refractivity (Wildman–Crippen MR) is 293 cm³/mol. The molecule has 424 valence electrons. The van der Waals surface area contributed by atoms with Crippen LogP contribution >= 0.6 is 11.6 Å². The Kier molecular flexibility index (Phi) is 25.2. The van der Waals surface area contributed by atoms with Crippen molar-refractivity contribution in [3.8, 4) is 0 Å². The van der Waals surface area contributed by atoms with Crippen molar-refractivity contribution in [3.05, 3.63) is 83.2 Å². The van der Waals surface area contributed by atoms with Crippen LogP contribution in [0, 0.1) is 10.8 Å². The number of hydrogen-bond acceptors (Lipinski definition) is 12. The molecule has 1 aromatic heterocycles. The molecule has 2 heterocycles. The van der Waals surface area contributed by atoms with Crippen LogP contribution in [0.4, 0.5) is 0 Å². The van der Waals surface area contributed by atoms with Crippen molar-refractivity contribution in [2.24, 2.45) is 17.2 Å². The van der Waals surface area contributed by atoms with Crippen LogP contribution in [0.1, 0.15) is 82.8 Å². The second-order valence-electron chi connectivity index (χ2n) is 18.8. The van der Waals surface area contributed by atoms with Crippen LogP contribution in [-0.4, -0.2) is 139 Å². The largest absolute Gasteiger partial charge is 0.401 e. The number of guanidine groups is 2. The highest BCUT2D eigenvalue weighted by Gasteiger charge is 2.35. The van der Waals surface area contributed by atoms with Crippen LogP contribution in [0.5, 0.6) is 0 Å². The second kappa shape index (κ2) is 31.6. The van der Waals surface area contributed by atoms with Gasteiger partial charge in [0, 0.05) is 87.1 Å². The first-order valence-electron chi connectivity index (χ1n) is 25.6. The zero-order valence-corrected chi connectivity index (χ0v) is 44.6. The van der Waals surface area contributed by atoms with Crippen LogP contribution in [0.3, 0.4) is 0 Å². The molecular weight excluding hydrogens is 1030 g/mol. The Bertz CT molecular complexity index is 2650. The van der Waals surface area contributed by atoms with Crippen LogP contribution in [-0.2, 0) is 56.0 Å². The number of nitrogens with two attached hydrogens (primary N) is 3. The third-order valence-electron chi connectivity index (χ3n) is 12.5. The summed E-state index contributed by atoms with van der Waals surface area (Å²) < 4.78 is 0. The molecule has 1 saturated heterocycles. The molecular formula is C51H74ClN17O9. The molecule has 0 radical (unpaired) electrons. The highest BCUT2D eigenvalue weighted by molar-refractivity contribution is 6.31. The highest BCUT2D eigenvalue weighted by atomic mass is 35.5. The van der Waals surface area contributed by atoms with Crippen LogP contribution in [0.15, 0.2) is 67.0 Å². The zero-order chi connectivity index (χ0) is 57.3. The summed E-state index contributed by atoms with van der Waals surface area (Å²) >= 11 is 6.60. The molecule has 78 heavy (non-hydrogen) atoms. The normalized spacial score (nSPS) is 20.7. The molecule has 1 fully saturated rings. The molecule has 1 unspecified atom stereocenters. The van der Waals surface area contributed by atoms with E-state index in [0.29, 0.717) is 11.1 Å². The number of carbonyl (C=O) groups is 9. The SMILES string of the molecule is C=C(N)C1CCCNC(=O)CC[C@H](NC(=O)[C@H](CCCNC(=N)N)NC(C)=O)C(=O)N[C@@H](CCNC(C)=O)C(=O)N[C@H](Cc2ccccc2Cl)C(=O)N[C@@H](CCCNC(=N)N)C(=O)N[C@@H](Cc2c[nH]c3ccccc23)C(=O)N1. The minimum Gasteiger partial charge on any atom is -0.401 e. The smallest absolute Gasteiger partial charge is 0.243 e. The molecule has 7 atom stereocenters. The number of halogens is 1. The maximum absolute atomic E-state index is 14.8. The van der Waals surface area contributed by atoms with Crippen molar-refractivity contribution in [2.75, 3.05) is 26.2 Å². The van der Waals surface area contributed by atoms with Gasteiger partial charge >= 0.3 is 0 Å². The Hall–Kier alpha value is -8.42. The molecule has 1 aliphatic heterocycles. The summed E-state index contributed by atoms with van der Waals surface area (Å²) in [5, 5.41) is 45.6. The van der Waals surface area contributed by atoms with Gasteiger partial charge in [0.15, 0.2) is 11.9 Å². The van der Waals surface area contributed by atoms with Gasteiger partial charge in [0.1, 0.15) is 36.3 Å². The van der Waals surface area contributed by atoms with Gasteiger partial charge in [-0.15, -0.1) is 0 Å². The highest BCUT2D eigenvalue weighted by Crippen LogP contribution is 2.21. The van der Waals surface area contributed by atoms with Gasteiger partial charge in [0.05, 0.1) is 6.04 Å². The monoisotopic (exact) mass is 1100 g/mol. The minimum atomic E-state index is -1.52. The molecule has 26 nitrogen and oxygen atoms in total. The maximum Gasteiger partial charge on any atom is 0.243 e. The predicted octanol–water partition coefficient (Wildman–Crippen LogP) is -1.76. The summed E-state index contributed by atoms with van der Waals surface area (Å²) in [4.78, 5) is 128. The summed E-state index contributed by atoms with van der Waals surface area (Å²) in [5.74, 6) is -7.22. The van der Waals surface area contributed by atoms with Crippen molar-refractivity contribution in [3.63, 3.8) is 0 Å². The number of rotatable bonds is 19. The molecule has 2 aromatic carbocycles. The lowest BCUT2D eigenvalue weighted by Gasteiger charge is -2.28. The molecule has 0 saturated carbocycles. The molecule has 20 N–H and O–H groups in total. The van der Waals surface area contributed by atoms with Crippen molar-refractivity contribution in [1.29, 1.82) is 10.8 Å². The fourth-order valence-corrected chi connectivity index (χ4v) is 8.69. The van der Waals surface area contributed by atoms with Crippen molar-refractivity contribution >= 4 is 87.6 Å². The Morgan fingerprint density at radius 3 is 1.91 bits per heavy atom. The summed E-state index contributed by atoms with van der Waals surface area (Å²) in [5.41, 5.74) is 19.1. The first kappa shape index (κ1) is 62.1. The topological polar surface area (TPSA) is 428 Å². The fourth-order valence-electron chi connectivity index (χ4n) is 8.48. The van der Waals surface area contributed by atoms with Gasteiger partial charge in [0.25, 0.3) is 0 Å². The Morgan fingerprint density at radius 2 is 1.27 bits per heavy atom. The second-order valence-corrected chi connectivity index (χ2v) is 19.2. The first-order chi connectivity index (χ1) is 37.1. The number of H-pyrrole nitrogens is 1. The van der Waals surface area contributed by atoms with E-state index in [1.54, 1.807) is 30.5 Å². The van der Waals surface area contributed by atoms with Crippen molar-refractivity contribution < 1.29 is 43.2 Å². The number of aromatic amines is 1. The molecule has 0 spiro atoms. The summed E-state index contributed by atoms with van der Waals surface area (Å²) in [7, 11) is 0. The van der Waals surface area contributed by atoms with Gasteiger partial charge in [-0.1, -0.05) is 54.6 Å². The fraction of sp³-hybridized carbons (Fsp3) is 0.471. The summed E-state index contributed by atoms with van der Waals surface area (Å²) in [6.45, 7) is 6.50. The van der Waals surface area contributed by atoms with Crippen LogP contribution < -0.4 is 75.7 Å². The molecule has 27 heteroatoms. The van der Waals surface area contributed by atoms with E-state index in [0.717, 1.165) is 10.9 Å². The molecule has 4 rings (SSSR count). The van der Waals surface area contributed by atoms with E-state index in [2.05, 4.69) is 70.0 Å². The number of hydrogen-bond donors (Lipinski definition) is 17. The number of amides is 9. The molecule has 0 bridgehead atoms. The van der Waals surface area contributed by atoms with E-state index >= 15 is 0 Å². The first-order valence-corrected chi connectivity index (χ1v) is 26.0. The molecule has 1 aliphatic rings. The molecule has 0 aliphatic carbocycles. The maximum atomic E-state index is 14.8. The minimum absolute atomic E-state index is 0.0291. The number of carbonyl (C=O) groups excluding carboxylic acids is 9. The number of para-hydroxylation sites is 1. The quantitative estimate of drug-likeness (QED) is 0.0359. The van der Waals surface area contributed by atoms with Crippen molar-refractivity contribution in [1.82, 2.24) is 63.5 Å². The Balaban J connectivity index is 1.80. The molecule has 9 amide bonds. The van der Waals surface area contributed by atoms with E-state index in [1.165, 1.54) is 13.8 Å². The number of benzene rings is 2. The van der Waals surface area contributed by atoms with Gasteiger partial charge in [0.2, 0.25) is 53.2 Å². The van der Waals surface area contributed by atoms with E-state index in [4.69, 9.17) is 39.6 Å². The third kappa shape index (κ3) is 21.3. The third-order valence-corrected chi connectivity index (χ3v) is 12.9. The van der Waals surface area contributed by atoms with E-state index < -0.39 is 95.5 Å². The lowest BCUT2D eigenvalue weighted by atomic mass is 10.0. The number of nitrogens with one attached hydrogen (secondary N) is 14. The van der Waals surface area contributed by atoms with Crippen LogP contribution in [0.2, 0.25) is 5.02 Å². The van der Waals surface area contributed by atoms with E-state index in [1.807, 2.05) is 24.3 Å². The number of aromatic nitrogens is 1. The zero-order valence-electron chi connectivity index (χ0n) is 43.8. The van der Waals surface area contributed by atoms with Crippen LogP contribution in [0.25, 0.3) is 10.9 Å². The van der Waals surface area contributed by atoms with E-state index in [-0.39, 0.29) is 119 Å². The van der Waals surface area contributed by atoms with Gasteiger partial charge in [-0.3, -0.25) is 54.0 Å².